The predicted octanol–water partition coefficient (Wildman–Crippen LogP) is 2.55. The summed E-state index contributed by atoms with van der Waals surface area (Å²) in [6.07, 6.45) is 1.62. The number of carbonyl (C=O) groups is 1. The van der Waals surface area contributed by atoms with Crippen LogP contribution >= 0.6 is 0 Å². The molecule has 1 aliphatic rings. The summed E-state index contributed by atoms with van der Waals surface area (Å²) in [5.41, 5.74) is -0.543. The summed E-state index contributed by atoms with van der Waals surface area (Å²) in [5, 5.41) is 3.08. The van der Waals surface area contributed by atoms with Crippen molar-refractivity contribution in [2.45, 2.75) is 38.4 Å². The molecule has 1 aliphatic carbocycles. The van der Waals surface area contributed by atoms with E-state index in [9.17, 15) is 23.2 Å². The molecule has 29 heavy (non-hydrogen) atoms. The number of hydrogen-bond donors (Lipinski definition) is 1. The van der Waals surface area contributed by atoms with E-state index in [1.807, 2.05) is 0 Å². The minimum Gasteiger partial charge on any atom is -0.335 e. The molecule has 0 saturated heterocycles. The Morgan fingerprint density at radius 3 is 2.52 bits per heavy atom. The van der Waals surface area contributed by atoms with Gasteiger partial charge in [-0.1, -0.05) is 18.2 Å². The maximum atomic E-state index is 14.0. The molecule has 0 aliphatic heterocycles. The van der Waals surface area contributed by atoms with Crippen molar-refractivity contribution in [3.05, 3.63) is 80.4 Å². The smallest absolute Gasteiger partial charge is 0.273 e. The molecular formula is C21H19F2N3O3. The average molecular weight is 399 g/mol. The molecule has 1 N–H and O–H groups in total. The minimum atomic E-state index is -0.696. The second-order valence-electron chi connectivity index (χ2n) is 7.18. The molecule has 8 heteroatoms. The van der Waals surface area contributed by atoms with Crippen LogP contribution in [0.15, 0.2) is 52.1 Å². The summed E-state index contributed by atoms with van der Waals surface area (Å²) in [4.78, 5) is 39.0. The largest absolute Gasteiger partial charge is 0.335 e. The Bertz CT molecular complexity index is 1200. The number of aromatic amines is 1. The molecular weight excluding hydrogens is 380 g/mol. The van der Waals surface area contributed by atoms with Crippen molar-refractivity contribution in [3.8, 4) is 0 Å². The standard InChI is InChI=1S/C21H19F2N3O3/c22-14-6-5-13(18(23)11-14)12-25(15-7-8-15)19(27)9-10-26-21(29)17-4-2-1-3-16(17)20(28)24-26/h1-6,11,15H,7-10,12H2,(H,24,28). The number of rotatable bonds is 6. The van der Waals surface area contributed by atoms with Gasteiger partial charge in [0.15, 0.2) is 0 Å². The van der Waals surface area contributed by atoms with Gasteiger partial charge in [0.1, 0.15) is 11.6 Å². The molecule has 1 aromatic heterocycles. The first-order chi connectivity index (χ1) is 13.9. The van der Waals surface area contributed by atoms with E-state index in [0.29, 0.717) is 5.39 Å². The lowest BCUT2D eigenvalue weighted by Crippen LogP contribution is -2.36. The highest BCUT2D eigenvalue weighted by Crippen LogP contribution is 2.29. The number of aryl methyl sites for hydroxylation is 1. The fourth-order valence-electron chi connectivity index (χ4n) is 3.40. The van der Waals surface area contributed by atoms with E-state index < -0.39 is 17.2 Å². The molecule has 1 saturated carbocycles. The molecule has 0 unspecified atom stereocenters. The number of hydrogen-bond acceptors (Lipinski definition) is 3. The lowest BCUT2D eigenvalue weighted by atomic mass is 10.2. The number of amides is 1. The first kappa shape index (κ1) is 19.0. The molecule has 1 heterocycles. The Balaban J connectivity index is 1.52. The Morgan fingerprint density at radius 2 is 1.83 bits per heavy atom. The number of fused-ring (bicyclic) bond motifs is 1. The lowest BCUT2D eigenvalue weighted by Gasteiger charge is -2.23. The zero-order chi connectivity index (χ0) is 20.5. The lowest BCUT2D eigenvalue weighted by molar-refractivity contribution is -0.132. The molecule has 2 aromatic carbocycles. The normalized spacial score (nSPS) is 13.6. The number of nitrogens with one attached hydrogen (secondary N) is 1. The maximum Gasteiger partial charge on any atom is 0.273 e. The van der Waals surface area contributed by atoms with Crippen LogP contribution in [0.3, 0.4) is 0 Å². The number of aromatic nitrogens is 2. The third kappa shape index (κ3) is 3.96. The van der Waals surface area contributed by atoms with Crippen LogP contribution in [0, 0.1) is 11.6 Å². The highest BCUT2D eigenvalue weighted by atomic mass is 19.1. The molecule has 0 atom stereocenters. The van der Waals surface area contributed by atoms with Crippen LogP contribution in [0.4, 0.5) is 8.78 Å². The molecule has 150 valence electrons. The van der Waals surface area contributed by atoms with Gasteiger partial charge in [-0.25, -0.2) is 13.5 Å². The van der Waals surface area contributed by atoms with E-state index in [1.54, 1.807) is 29.2 Å². The maximum absolute atomic E-state index is 14.0. The Hall–Kier alpha value is -3.29. The van der Waals surface area contributed by atoms with Crippen molar-refractivity contribution >= 4 is 16.7 Å². The van der Waals surface area contributed by atoms with Crippen LogP contribution in [-0.2, 0) is 17.9 Å². The summed E-state index contributed by atoms with van der Waals surface area (Å²) >= 11 is 0. The highest BCUT2D eigenvalue weighted by Gasteiger charge is 2.32. The highest BCUT2D eigenvalue weighted by molar-refractivity contribution is 5.80. The molecule has 1 fully saturated rings. The zero-order valence-electron chi connectivity index (χ0n) is 15.5. The minimum absolute atomic E-state index is 0.00681. The fraction of sp³-hybridized carbons (Fsp3) is 0.286. The average Bonchev–Trinajstić information content (AvgIpc) is 3.54. The second-order valence-corrected chi connectivity index (χ2v) is 7.18. The van der Waals surface area contributed by atoms with Gasteiger partial charge in [0.2, 0.25) is 5.91 Å². The number of halogens is 2. The monoisotopic (exact) mass is 399 g/mol. The zero-order valence-corrected chi connectivity index (χ0v) is 15.5. The van der Waals surface area contributed by atoms with Crippen LogP contribution in [0.5, 0.6) is 0 Å². The third-order valence-electron chi connectivity index (χ3n) is 5.10. The van der Waals surface area contributed by atoms with Gasteiger partial charge in [-0.2, -0.15) is 0 Å². The van der Waals surface area contributed by atoms with Gasteiger partial charge < -0.3 is 4.90 Å². The van der Waals surface area contributed by atoms with Crippen LogP contribution in [0.25, 0.3) is 10.8 Å². The summed E-state index contributed by atoms with van der Waals surface area (Å²) in [5.74, 6) is -1.62. The van der Waals surface area contributed by atoms with Crippen molar-refractivity contribution in [1.82, 2.24) is 14.7 Å². The first-order valence-corrected chi connectivity index (χ1v) is 9.39. The van der Waals surface area contributed by atoms with Gasteiger partial charge in [-0.15, -0.1) is 0 Å². The quantitative estimate of drug-likeness (QED) is 0.692. The molecule has 0 radical (unpaired) electrons. The van der Waals surface area contributed by atoms with Crippen LogP contribution < -0.4 is 11.1 Å². The second kappa shape index (κ2) is 7.62. The molecule has 3 aromatic rings. The first-order valence-electron chi connectivity index (χ1n) is 9.39. The number of benzene rings is 2. The Labute approximate surface area is 164 Å². The summed E-state index contributed by atoms with van der Waals surface area (Å²) in [7, 11) is 0. The van der Waals surface area contributed by atoms with E-state index in [1.165, 1.54) is 6.07 Å². The Morgan fingerprint density at radius 1 is 1.10 bits per heavy atom. The van der Waals surface area contributed by atoms with Crippen LogP contribution in [0.2, 0.25) is 0 Å². The van der Waals surface area contributed by atoms with E-state index in [2.05, 4.69) is 5.10 Å². The van der Waals surface area contributed by atoms with E-state index >= 15 is 0 Å². The van der Waals surface area contributed by atoms with Crippen molar-refractivity contribution in [1.29, 1.82) is 0 Å². The number of carbonyl (C=O) groups excluding carboxylic acids is 1. The molecule has 6 nitrogen and oxygen atoms in total. The van der Waals surface area contributed by atoms with E-state index in [0.717, 1.165) is 29.7 Å². The molecule has 1 amide bonds. The SMILES string of the molecule is O=C(CCn1[nH]c(=O)c2ccccc2c1=O)N(Cc1ccc(F)cc1F)C1CC1. The van der Waals surface area contributed by atoms with E-state index in [-0.39, 0.29) is 48.0 Å². The summed E-state index contributed by atoms with van der Waals surface area (Å²) in [6.45, 7) is 0.0472. The van der Waals surface area contributed by atoms with Gasteiger partial charge in [0.25, 0.3) is 11.1 Å². The fourth-order valence-corrected chi connectivity index (χ4v) is 3.40. The summed E-state index contributed by atoms with van der Waals surface area (Å²) < 4.78 is 28.2. The van der Waals surface area contributed by atoms with Crippen molar-refractivity contribution in [2.75, 3.05) is 0 Å². The topological polar surface area (TPSA) is 75.2 Å². The molecule has 4 rings (SSSR count). The van der Waals surface area contributed by atoms with Gasteiger partial charge in [-0.3, -0.25) is 19.5 Å². The number of H-pyrrole nitrogens is 1. The molecule has 0 spiro atoms. The van der Waals surface area contributed by atoms with E-state index in [4.69, 9.17) is 0 Å². The van der Waals surface area contributed by atoms with Gasteiger partial charge in [0.05, 0.1) is 17.3 Å². The van der Waals surface area contributed by atoms with Crippen molar-refractivity contribution in [2.24, 2.45) is 0 Å². The van der Waals surface area contributed by atoms with Crippen LogP contribution in [-0.4, -0.2) is 26.6 Å². The Kier molecular flexibility index (Phi) is 5.00. The van der Waals surface area contributed by atoms with Gasteiger partial charge in [0, 0.05) is 30.6 Å². The van der Waals surface area contributed by atoms with Crippen molar-refractivity contribution < 1.29 is 13.6 Å². The number of nitrogens with zero attached hydrogens (tertiary/aromatic N) is 2. The van der Waals surface area contributed by atoms with Crippen LogP contribution in [0.1, 0.15) is 24.8 Å². The van der Waals surface area contributed by atoms with Crippen molar-refractivity contribution in [3.63, 3.8) is 0 Å². The summed E-state index contributed by atoms with van der Waals surface area (Å²) in [6, 6.07) is 9.78. The third-order valence-corrected chi connectivity index (χ3v) is 5.10. The molecule has 0 bridgehead atoms. The predicted molar refractivity (Wildman–Crippen MR) is 103 cm³/mol. The van der Waals surface area contributed by atoms with Gasteiger partial charge in [-0.05, 0) is 31.0 Å². The van der Waals surface area contributed by atoms with Gasteiger partial charge >= 0.3 is 0 Å².